The summed E-state index contributed by atoms with van der Waals surface area (Å²) in [7, 11) is 0. The summed E-state index contributed by atoms with van der Waals surface area (Å²) in [6.07, 6.45) is 5.09. The van der Waals surface area contributed by atoms with Crippen LogP contribution in [0, 0.1) is 0 Å². The molecule has 0 saturated carbocycles. The van der Waals surface area contributed by atoms with E-state index in [1.54, 1.807) is 11.3 Å². The van der Waals surface area contributed by atoms with E-state index in [1.165, 1.54) is 29.7 Å². The van der Waals surface area contributed by atoms with Gasteiger partial charge >= 0.3 is 0 Å². The molecule has 0 bridgehead atoms. The minimum atomic E-state index is 0.414. The van der Waals surface area contributed by atoms with Crippen LogP contribution in [-0.2, 0) is 6.42 Å². The van der Waals surface area contributed by atoms with Crippen LogP contribution < -0.4 is 5.32 Å². The number of aryl methyl sites for hydroxylation is 1. The lowest BCUT2D eigenvalue weighted by Gasteiger charge is -2.21. The lowest BCUT2D eigenvalue weighted by atomic mass is 9.98. The second-order valence-electron chi connectivity index (χ2n) is 4.16. The van der Waals surface area contributed by atoms with Crippen LogP contribution >= 0.6 is 11.3 Å². The van der Waals surface area contributed by atoms with Gasteiger partial charge < -0.3 is 5.32 Å². The topological polar surface area (TPSA) is 66.5 Å². The van der Waals surface area contributed by atoms with Crippen LogP contribution in [0.25, 0.3) is 10.8 Å². The number of aromatic amines is 1. The Bertz CT molecular complexity index is 490. The lowest BCUT2D eigenvalue weighted by molar-refractivity contribution is 0.465. The third kappa shape index (κ3) is 1.98. The summed E-state index contributed by atoms with van der Waals surface area (Å²) in [6.45, 7) is 3.12. The lowest BCUT2D eigenvalue weighted by Crippen LogP contribution is -2.24. The molecule has 5 nitrogen and oxygen atoms in total. The Morgan fingerprint density at radius 2 is 2.53 bits per heavy atom. The number of nitrogens with zero attached hydrogens (tertiary/aromatic N) is 3. The monoisotopic (exact) mass is 249 g/mol. The molecule has 0 amide bonds. The minimum absolute atomic E-state index is 0.414. The van der Waals surface area contributed by atoms with E-state index in [4.69, 9.17) is 4.98 Å². The number of thiazole rings is 1. The van der Waals surface area contributed by atoms with E-state index in [9.17, 15) is 0 Å². The van der Waals surface area contributed by atoms with Gasteiger partial charge in [-0.3, -0.25) is 5.10 Å². The maximum atomic E-state index is 4.72. The van der Waals surface area contributed by atoms with Crippen LogP contribution in [0.3, 0.4) is 0 Å². The van der Waals surface area contributed by atoms with Crippen LogP contribution in [0.1, 0.15) is 36.4 Å². The van der Waals surface area contributed by atoms with Crippen molar-refractivity contribution in [2.75, 3.05) is 6.54 Å². The third-order valence-corrected chi connectivity index (χ3v) is 4.16. The second-order valence-corrected chi connectivity index (χ2v) is 5.25. The zero-order valence-electron chi connectivity index (χ0n) is 9.73. The zero-order valence-corrected chi connectivity index (χ0v) is 10.5. The van der Waals surface area contributed by atoms with Gasteiger partial charge in [-0.1, -0.05) is 6.92 Å². The first-order valence-electron chi connectivity index (χ1n) is 5.97. The molecule has 2 heterocycles. The third-order valence-electron chi connectivity index (χ3n) is 3.02. The summed E-state index contributed by atoms with van der Waals surface area (Å²) < 4.78 is 0. The van der Waals surface area contributed by atoms with Crippen molar-refractivity contribution in [1.29, 1.82) is 0 Å². The van der Waals surface area contributed by atoms with Crippen molar-refractivity contribution in [1.82, 2.24) is 25.5 Å². The summed E-state index contributed by atoms with van der Waals surface area (Å²) >= 11 is 1.74. The summed E-state index contributed by atoms with van der Waals surface area (Å²) in [5, 5.41) is 11.2. The van der Waals surface area contributed by atoms with Gasteiger partial charge in [-0.25, -0.2) is 9.97 Å². The Balaban J connectivity index is 1.96. The fourth-order valence-electron chi connectivity index (χ4n) is 2.27. The standard InChI is InChI=1S/C11H15N5S/c1-2-12-7-4-3-5-8-9(7)15-11(17-8)10-13-6-14-16-10/h6-7,12H,2-5H2,1H3,(H,13,14,16). The van der Waals surface area contributed by atoms with E-state index < -0.39 is 0 Å². The van der Waals surface area contributed by atoms with E-state index in [0.29, 0.717) is 6.04 Å². The van der Waals surface area contributed by atoms with E-state index in [1.807, 2.05) is 0 Å². The molecule has 3 rings (SSSR count). The van der Waals surface area contributed by atoms with Crippen molar-refractivity contribution >= 4 is 11.3 Å². The first-order chi connectivity index (χ1) is 8.38. The van der Waals surface area contributed by atoms with Crippen molar-refractivity contribution in [3.8, 4) is 10.8 Å². The molecule has 2 aromatic heterocycles. The van der Waals surface area contributed by atoms with Gasteiger partial charge in [0.2, 0.25) is 0 Å². The maximum absolute atomic E-state index is 4.72. The zero-order chi connectivity index (χ0) is 11.7. The Morgan fingerprint density at radius 1 is 1.59 bits per heavy atom. The Kier molecular flexibility index (Phi) is 2.90. The van der Waals surface area contributed by atoms with E-state index in [2.05, 4.69) is 27.4 Å². The molecule has 6 heteroatoms. The van der Waals surface area contributed by atoms with Crippen molar-refractivity contribution < 1.29 is 0 Å². The number of H-pyrrole nitrogens is 1. The first-order valence-corrected chi connectivity index (χ1v) is 6.79. The highest BCUT2D eigenvalue weighted by Crippen LogP contribution is 2.35. The van der Waals surface area contributed by atoms with Gasteiger partial charge in [-0.15, -0.1) is 11.3 Å². The van der Waals surface area contributed by atoms with E-state index >= 15 is 0 Å². The Morgan fingerprint density at radius 3 is 3.29 bits per heavy atom. The number of aromatic nitrogens is 4. The molecular formula is C11H15N5S. The number of hydrogen-bond acceptors (Lipinski definition) is 5. The fourth-order valence-corrected chi connectivity index (χ4v) is 3.38. The van der Waals surface area contributed by atoms with Crippen molar-refractivity contribution in [2.45, 2.75) is 32.2 Å². The quantitative estimate of drug-likeness (QED) is 0.872. The Hall–Kier alpha value is -1.27. The molecule has 0 radical (unpaired) electrons. The van der Waals surface area contributed by atoms with Gasteiger partial charge in [0.25, 0.3) is 0 Å². The molecule has 0 aliphatic heterocycles. The van der Waals surface area contributed by atoms with Crippen LogP contribution in [-0.4, -0.2) is 26.7 Å². The smallest absolute Gasteiger partial charge is 0.184 e. The molecule has 17 heavy (non-hydrogen) atoms. The molecule has 1 unspecified atom stereocenters. The molecular weight excluding hydrogens is 234 g/mol. The number of fused-ring (bicyclic) bond motifs is 1. The summed E-state index contributed by atoms with van der Waals surface area (Å²) in [5.41, 5.74) is 1.22. The van der Waals surface area contributed by atoms with Gasteiger partial charge in [-0.2, -0.15) is 5.10 Å². The summed E-state index contributed by atoms with van der Waals surface area (Å²) in [6, 6.07) is 0.414. The molecule has 1 atom stereocenters. The normalized spacial score (nSPS) is 19.2. The minimum Gasteiger partial charge on any atom is -0.309 e. The molecule has 90 valence electrons. The molecule has 2 N–H and O–H groups in total. The highest BCUT2D eigenvalue weighted by atomic mass is 32.1. The maximum Gasteiger partial charge on any atom is 0.184 e. The van der Waals surface area contributed by atoms with Gasteiger partial charge in [0.05, 0.1) is 11.7 Å². The summed E-state index contributed by atoms with van der Waals surface area (Å²) in [5.74, 6) is 0.777. The number of rotatable bonds is 3. The summed E-state index contributed by atoms with van der Waals surface area (Å²) in [4.78, 5) is 10.3. The highest BCUT2D eigenvalue weighted by molar-refractivity contribution is 7.15. The molecule has 0 fully saturated rings. The second kappa shape index (κ2) is 4.54. The predicted molar refractivity (Wildman–Crippen MR) is 66.8 cm³/mol. The van der Waals surface area contributed by atoms with Crippen LogP contribution in [0.4, 0.5) is 0 Å². The highest BCUT2D eigenvalue weighted by Gasteiger charge is 2.24. The SMILES string of the molecule is CCNC1CCCc2sc(-c3ncn[nH]3)nc21. The average Bonchev–Trinajstić information content (AvgIpc) is 2.98. The average molecular weight is 249 g/mol. The predicted octanol–water partition coefficient (Wildman–Crippen LogP) is 1.92. The molecule has 0 spiro atoms. The van der Waals surface area contributed by atoms with Gasteiger partial charge in [0.1, 0.15) is 6.33 Å². The number of hydrogen-bond donors (Lipinski definition) is 2. The molecule has 1 aliphatic rings. The molecule has 2 aromatic rings. The Labute approximate surface area is 104 Å². The van der Waals surface area contributed by atoms with Crippen molar-refractivity contribution in [3.63, 3.8) is 0 Å². The van der Waals surface area contributed by atoms with Gasteiger partial charge in [-0.05, 0) is 25.8 Å². The largest absolute Gasteiger partial charge is 0.309 e. The fraction of sp³-hybridized carbons (Fsp3) is 0.545. The van der Waals surface area contributed by atoms with Gasteiger partial charge in [0.15, 0.2) is 10.8 Å². The molecule has 1 aliphatic carbocycles. The number of nitrogens with one attached hydrogen (secondary N) is 2. The van der Waals surface area contributed by atoms with Gasteiger partial charge in [0, 0.05) is 4.88 Å². The van der Waals surface area contributed by atoms with E-state index in [0.717, 1.165) is 23.8 Å². The molecule has 0 aromatic carbocycles. The van der Waals surface area contributed by atoms with E-state index in [-0.39, 0.29) is 0 Å². The first kappa shape index (κ1) is 10.9. The van der Waals surface area contributed by atoms with Crippen LogP contribution in [0.5, 0.6) is 0 Å². The van der Waals surface area contributed by atoms with Crippen LogP contribution in [0.15, 0.2) is 6.33 Å². The van der Waals surface area contributed by atoms with Crippen LogP contribution in [0.2, 0.25) is 0 Å². The molecule has 0 saturated heterocycles. The van der Waals surface area contributed by atoms with Crippen molar-refractivity contribution in [3.05, 3.63) is 16.9 Å². The van der Waals surface area contributed by atoms with Crippen molar-refractivity contribution in [2.24, 2.45) is 0 Å².